The van der Waals surface area contributed by atoms with E-state index in [0.29, 0.717) is 36.6 Å². The van der Waals surface area contributed by atoms with Crippen molar-refractivity contribution in [2.24, 2.45) is 5.41 Å². The molecule has 26 heavy (non-hydrogen) atoms. The average molecular weight is 382 g/mol. The lowest BCUT2D eigenvalue weighted by molar-refractivity contribution is -0.0924. The first kappa shape index (κ1) is 23.8. The van der Waals surface area contributed by atoms with Crippen LogP contribution in [0.15, 0.2) is 46.2 Å². The second-order valence-electron chi connectivity index (χ2n) is 6.17. The number of aromatic amines is 1. The molecule has 8 nitrogen and oxygen atoms in total. The Kier molecular flexibility index (Phi) is 8.71. The van der Waals surface area contributed by atoms with Crippen LogP contribution in [0.1, 0.15) is 18.1 Å². The third kappa shape index (κ3) is 4.93. The highest BCUT2D eigenvalue weighted by Gasteiger charge is 2.33. The Bertz CT molecular complexity index is 788. The summed E-state index contributed by atoms with van der Waals surface area (Å²) in [6.45, 7) is 4.25. The number of hydrogen-bond acceptors (Lipinski definition) is 6. The van der Waals surface area contributed by atoms with Crippen molar-refractivity contribution < 1.29 is 15.7 Å². The van der Waals surface area contributed by atoms with Crippen LogP contribution in [0.5, 0.6) is 0 Å². The Morgan fingerprint density at radius 2 is 1.88 bits per heavy atom. The minimum Gasteiger partial charge on any atom is -0.412 e. The first-order valence-electron chi connectivity index (χ1n) is 7.40. The van der Waals surface area contributed by atoms with E-state index in [1.165, 1.54) is 0 Å². The van der Waals surface area contributed by atoms with Gasteiger partial charge in [-0.1, -0.05) is 19.1 Å². The molecule has 3 rings (SSSR count). The van der Waals surface area contributed by atoms with Gasteiger partial charge in [-0.2, -0.15) is 0 Å². The zero-order chi connectivity index (χ0) is 16.4. The maximum atomic E-state index is 12.3. The third-order valence-corrected chi connectivity index (χ3v) is 4.27. The Labute approximate surface area is 157 Å². The van der Waals surface area contributed by atoms with Gasteiger partial charge < -0.3 is 32.1 Å². The standard InChI is InChI=1S/C17H19N3O2S.H3N.2H2O/c1-17(9-22-10-17)8-20-13-6-7-19-16(21)14(13)15(18)11-2-4-12(23)5-3-11;;;/h2-7,18,23H,8-10H2,1H3,(H2,19,20,21);1H3;2*1H2. The fourth-order valence-electron chi connectivity index (χ4n) is 2.51. The molecule has 0 spiro atoms. The van der Waals surface area contributed by atoms with Gasteiger partial charge in [0.25, 0.3) is 5.56 Å². The van der Waals surface area contributed by atoms with Gasteiger partial charge in [-0.15, -0.1) is 12.6 Å². The molecule has 1 saturated heterocycles. The first-order valence-corrected chi connectivity index (χ1v) is 7.85. The van der Waals surface area contributed by atoms with Gasteiger partial charge in [0.15, 0.2) is 0 Å². The first-order chi connectivity index (χ1) is 11.0. The van der Waals surface area contributed by atoms with Crippen LogP contribution in [0, 0.1) is 10.8 Å². The number of anilines is 1. The lowest BCUT2D eigenvalue weighted by atomic mass is 9.88. The number of thiol groups is 1. The molecule has 0 saturated carbocycles. The third-order valence-electron chi connectivity index (χ3n) is 3.97. The van der Waals surface area contributed by atoms with Crippen molar-refractivity contribution in [2.45, 2.75) is 11.8 Å². The van der Waals surface area contributed by atoms with Crippen LogP contribution >= 0.6 is 12.6 Å². The number of hydrogen-bond donors (Lipinski definition) is 5. The van der Waals surface area contributed by atoms with Gasteiger partial charge in [-0.3, -0.25) is 10.2 Å². The van der Waals surface area contributed by atoms with E-state index in [4.69, 9.17) is 10.1 Å². The molecule has 1 aromatic carbocycles. The van der Waals surface area contributed by atoms with Gasteiger partial charge in [0.2, 0.25) is 0 Å². The van der Waals surface area contributed by atoms with E-state index >= 15 is 0 Å². The van der Waals surface area contributed by atoms with Crippen LogP contribution in [-0.2, 0) is 4.74 Å². The molecular weight excluding hydrogens is 356 g/mol. The number of aromatic nitrogens is 1. The molecule has 0 unspecified atom stereocenters. The molecule has 9 heteroatoms. The molecule has 1 aliphatic rings. The number of nitrogens with one attached hydrogen (secondary N) is 3. The van der Waals surface area contributed by atoms with Crippen molar-refractivity contribution in [3.05, 3.63) is 58.0 Å². The molecule has 2 heterocycles. The fourth-order valence-corrected chi connectivity index (χ4v) is 2.66. The Morgan fingerprint density at radius 1 is 1.27 bits per heavy atom. The van der Waals surface area contributed by atoms with Crippen molar-refractivity contribution in [3.8, 4) is 0 Å². The summed E-state index contributed by atoms with van der Waals surface area (Å²) in [5.74, 6) is 0. The predicted molar refractivity (Wildman–Crippen MR) is 106 cm³/mol. The summed E-state index contributed by atoms with van der Waals surface area (Å²) in [6.07, 6.45) is 1.60. The maximum absolute atomic E-state index is 12.3. The Morgan fingerprint density at radius 3 is 2.42 bits per heavy atom. The van der Waals surface area contributed by atoms with Crippen LogP contribution in [0.4, 0.5) is 5.69 Å². The number of H-pyrrole nitrogens is 1. The fraction of sp³-hybridized carbons (Fsp3) is 0.294. The normalized spacial score (nSPS) is 13.9. The van der Waals surface area contributed by atoms with E-state index in [1.807, 2.05) is 12.1 Å². The van der Waals surface area contributed by atoms with Gasteiger partial charge in [0.1, 0.15) is 0 Å². The van der Waals surface area contributed by atoms with Gasteiger partial charge in [-0.25, -0.2) is 0 Å². The van der Waals surface area contributed by atoms with Crippen LogP contribution in [0.25, 0.3) is 0 Å². The molecule has 2 aromatic rings. The topological polar surface area (TPSA) is 176 Å². The Balaban J connectivity index is 0.00000208. The smallest absolute Gasteiger partial charge is 0.259 e. The molecule has 1 aromatic heterocycles. The molecule has 0 bridgehead atoms. The molecule has 0 radical (unpaired) electrons. The van der Waals surface area contributed by atoms with Gasteiger partial charge in [0, 0.05) is 28.6 Å². The zero-order valence-electron chi connectivity index (χ0n) is 14.6. The molecule has 10 N–H and O–H groups in total. The quantitative estimate of drug-likeness (QED) is 0.383. The number of ether oxygens (including phenoxy) is 1. The SMILES string of the molecule is CC1(CNc2cc[nH]c(=O)c2C(=N)c2ccc(S)cc2)COC1.N.O.O. The van der Waals surface area contributed by atoms with E-state index < -0.39 is 0 Å². The summed E-state index contributed by atoms with van der Waals surface area (Å²) in [5.41, 5.74) is 1.70. The highest BCUT2D eigenvalue weighted by atomic mass is 32.1. The molecule has 0 atom stereocenters. The van der Waals surface area contributed by atoms with Crippen molar-refractivity contribution >= 4 is 24.0 Å². The highest BCUT2D eigenvalue weighted by molar-refractivity contribution is 7.80. The van der Waals surface area contributed by atoms with Gasteiger partial charge >= 0.3 is 0 Å². The van der Waals surface area contributed by atoms with Crippen LogP contribution in [0.2, 0.25) is 0 Å². The summed E-state index contributed by atoms with van der Waals surface area (Å²) in [6, 6.07) is 9.00. The number of pyridine rings is 1. The molecule has 1 aliphatic heterocycles. The highest BCUT2D eigenvalue weighted by Crippen LogP contribution is 2.27. The van der Waals surface area contributed by atoms with Crippen molar-refractivity contribution in [2.75, 3.05) is 25.1 Å². The monoisotopic (exact) mass is 382 g/mol. The van der Waals surface area contributed by atoms with Crippen molar-refractivity contribution in [3.63, 3.8) is 0 Å². The largest absolute Gasteiger partial charge is 0.412 e. The van der Waals surface area contributed by atoms with E-state index in [9.17, 15) is 4.79 Å². The summed E-state index contributed by atoms with van der Waals surface area (Å²) < 4.78 is 5.25. The van der Waals surface area contributed by atoms with Crippen molar-refractivity contribution in [1.29, 1.82) is 5.41 Å². The van der Waals surface area contributed by atoms with Crippen LogP contribution < -0.4 is 17.0 Å². The average Bonchev–Trinajstić information content (AvgIpc) is 2.51. The Hall–Kier alpha value is -2.17. The van der Waals surface area contributed by atoms with E-state index in [0.717, 1.165) is 4.90 Å². The molecule has 1 fully saturated rings. The number of benzene rings is 1. The van der Waals surface area contributed by atoms with Crippen LogP contribution in [0.3, 0.4) is 0 Å². The summed E-state index contributed by atoms with van der Waals surface area (Å²) in [7, 11) is 0. The summed E-state index contributed by atoms with van der Waals surface area (Å²) in [5, 5.41) is 11.7. The summed E-state index contributed by atoms with van der Waals surface area (Å²) >= 11 is 4.25. The minimum absolute atomic E-state index is 0. The maximum Gasteiger partial charge on any atom is 0.259 e. The number of rotatable bonds is 5. The second kappa shape index (κ2) is 9.51. The summed E-state index contributed by atoms with van der Waals surface area (Å²) in [4.78, 5) is 15.7. The van der Waals surface area contributed by atoms with Gasteiger partial charge in [-0.05, 0) is 18.2 Å². The minimum atomic E-state index is -0.273. The lowest BCUT2D eigenvalue weighted by Crippen LogP contribution is -2.45. The van der Waals surface area contributed by atoms with E-state index in [2.05, 4.69) is 29.9 Å². The lowest BCUT2D eigenvalue weighted by Gasteiger charge is -2.38. The van der Waals surface area contributed by atoms with Crippen LogP contribution in [-0.4, -0.2) is 41.4 Å². The molecule has 144 valence electrons. The van der Waals surface area contributed by atoms with Gasteiger partial charge in [0.05, 0.1) is 30.2 Å². The molecule has 0 aliphatic carbocycles. The van der Waals surface area contributed by atoms with Crippen molar-refractivity contribution in [1.82, 2.24) is 11.1 Å². The second-order valence-corrected chi connectivity index (χ2v) is 6.69. The molecular formula is C17H26N4O4S. The van der Waals surface area contributed by atoms with E-state index in [-0.39, 0.29) is 33.8 Å². The predicted octanol–water partition coefficient (Wildman–Crippen LogP) is 1.04. The van der Waals surface area contributed by atoms with E-state index in [1.54, 1.807) is 24.4 Å². The zero-order valence-corrected chi connectivity index (χ0v) is 15.5. The molecule has 0 amide bonds.